The molecule has 0 aromatic heterocycles. The molecule has 0 fully saturated rings. The van der Waals surface area contributed by atoms with E-state index in [2.05, 4.69) is 5.32 Å². The molecule has 0 aliphatic carbocycles. The van der Waals surface area contributed by atoms with E-state index >= 15 is 0 Å². The fourth-order valence-electron chi connectivity index (χ4n) is 3.25. The standard InChI is InChI=1S/C24H20F3NO5/c1-14(29)12-20(23(31)32)28-22(30)19-11-8-16-4-2-3-5-18(16)21(19)33-13-15-6-9-17(10-7-15)24(25,26)27/h2-11,20H,12-13H2,1H3,(H,28,30)(H,31,32). The minimum Gasteiger partial charge on any atom is -0.487 e. The summed E-state index contributed by atoms with van der Waals surface area (Å²) in [5.41, 5.74) is -0.306. The summed E-state index contributed by atoms with van der Waals surface area (Å²) in [7, 11) is 0. The Labute approximate surface area is 187 Å². The number of carbonyl (C=O) groups is 3. The molecule has 1 amide bonds. The van der Waals surface area contributed by atoms with Gasteiger partial charge in [0.2, 0.25) is 0 Å². The van der Waals surface area contributed by atoms with Crippen LogP contribution >= 0.6 is 0 Å². The fraction of sp³-hybridized carbons (Fsp3) is 0.208. The summed E-state index contributed by atoms with van der Waals surface area (Å²) >= 11 is 0. The lowest BCUT2D eigenvalue weighted by Gasteiger charge is -2.17. The number of ether oxygens (including phenoxy) is 1. The van der Waals surface area contributed by atoms with Gasteiger partial charge in [0.05, 0.1) is 11.1 Å². The number of amides is 1. The third-order valence-corrected chi connectivity index (χ3v) is 4.88. The van der Waals surface area contributed by atoms with Crippen molar-refractivity contribution in [2.75, 3.05) is 0 Å². The van der Waals surface area contributed by atoms with Crippen molar-refractivity contribution in [3.8, 4) is 5.75 Å². The molecule has 0 aliphatic heterocycles. The summed E-state index contributed by atoms with van der Waals surface area (Å²) in [6, 6.07) is 13.2. The molecule has 0 spiro atoms. The van der Waals surface area contributed by atoms with Crippen molar-refractivity contribution in [3.63, 3.8) is 0 Å². The van der Waals surface area contributed by atoms with Gasteiger partial charge < -0.3 is 15.2 Å². The Morgan fingerprint density at radius 1 is 1.00 bits per heavy atom. The molecule has 0 saturated heterocycles. The van der Waals surface area contributed by atoms with Crippen molar-refractivity contribution in [2.45, 2.75) is 32.2 Å². The van der Waals surface area contributed by atoms with Gasteiger partial charge >= 0.3 is 12.1 Å². The second-order valence-corrected chi connectivity index (χ2v) is 7.42. The highest BCUT2D eigenvalue weighted by Crippen LogP contribution is 2.32. The van der Waals surface area contributed by atoms with Crippen LogP contribution in [0.4, 0.5) is 13.2 Å². The van der Waals surface area contributed by atoms with Gasteiger partial charge in [-0.25, -0.2) is 4.79 Å². The third kappa shape index (κ3) is 5.88. The maximum atomic E-state index is 12.9. The SMILES string of the molecule is CC(=O)CC(NC(=O)c1ccc2ccccc2c1OCc1ccc(C(F)(F)F)cc1)C(=O)O. The zero-order chi connectivity index (χ0) is 24.2. The van der Waals surface area contributed by atoms with Crippen LogP contribution in [0.1, 0.15) is 34.8 Å². The number of Topliss-reactive ketones (excluding diaryl/α,β-unsaturated/α-hetero) is 1. The number of carboxylic acids is 1. The Morgan fingerprint density at radius 3 is 2.27 bits per heavy atom. The number of alkyl halides is 3. The lowest BCUT2D eigenvalue weighted by Crippen LogP contribution is -2.42. The maximum Gasteiger partial charge on any atom is 0.416 e. The van der Waals surface area contributed by atoms with Gasteiger partial charge in [0, 0.05) is 11.8 Å². The molecular weight excluding hydrogens is 439 g/mol. The van der Waals surface area contributed by atoms with Gasteiger partial charge in [-0.2, -0.15) is 13.2 Å². The van der Waals surface area contributed by atoms with Crippen LogP contribution in [-0.2, 0) is 22.4 Å². The highest BCUT2D eigenvalue weighted by Gasteiger charge is 2.30. The summed E-state index contributed by atoms with van der Waals surface area (Å²) in [5.74, 6) is -2.36. The molecule has 1 atom stereocenters. The summed E-state index contributed by atoms with van der Waals surface area (Å²) < 4.78 is 44.2. The van der Waals surface area contributed by atoms with E-state index in [1.165, 1.54) is 25.1 Å². The zero-order valence-corrected chi connectivity index (χ0v) is 17.5. The molecule has 172 valence electrons. The molecule has 9 heteroatoms. The second-order valence-electron chi connectivity index (χ2n) is 7.42. The van der Waals surface area contributed by atoms with Crippen molar-refractivity contribution in [1.29, 1.82) is 0 Å². The highest BCUT2D eigenvalue weighted by molar-refractivity contribution is 6.05. The Bertz CT molecular complexity index is 1190. The monoisotopic (exact) mass is 459 g/mol. The Morgan fingerprint density at radius 2 is 1.67 bits per heavy atom. The van der Waals surface area contributed by atoms with Gasteiger partial charge in [0.1, 0.15) is 24.2 Å². The number of aliphatic carboxylic acids is 1. The van der Waals surface area contributed by atoms with Crippen LogP contribution in [0.2, 0.25) is 0 Å². The summed E-state index contributed by atoms with van der Waals surface area (Å²) in [4.78, 5) is 35.7. The Kier molecular flexibility index (Phi) is 7.01. The van der Waals surface area contributed by atoms with E-state index in [0.717, 1.165) is 17.5 Å². The van der Waals surface area contributed by atoms with Crippen molar-refractivity contribution in [3.05, 3.63) is 77.4 Å². The largest absolute Gasteiger partial charge is 0.487 e. The van der Waals surface area contributed by atoms with Crippen molar-refractivity contribution in [1.82, 2.24) is 5.32 Å². The normalized spacial score (nSPS) is 12.2. The van der Waals surface area contributed by atoms with Gasteiger partial charge in [0.15, 0.2) is 0 Å². The van der Waals surface area contributed by atoms with Crippen LogP contribution in [0.25, 0.3) is 10.8 Å². The van der Waals surface area contributed by atoms with Crippen LogP contribution in [-0.4, -0.2) is 28.8 Å². The van der Waals surface area contributed by atoms with E-state index in [4.69, 9.17) is 4.74 Å². The van der Waals surface area contributed by atoms with Crippen LogP contribution < -0.4 is 10.1 Å². The number of benzene rings is 3. The molecule has 3 aromatic rings. The molecule has 0 bridgehead atoms. The minimum atomic E-state index is -4.46. The van der Waals surface area contributed by atoms with E-state index in [0.29, 0.717) is 10.9 Å². The second kappa shape index (κ2) is 9.72. The number of ketones is 1. The average Bonchev–Trinajstić information content (AvgIpc) is 2.76. The number of fused-ring (bicyclic) bond motifs is 1. The Hall–Kier alpha value is -3.88. The minimum absolute atomic E-state index is 0.0374. The third-order valence-electron chi connectivity index (χ3n) is 4.88. The van der Waals surface area contributed by atoms with E-state index in [1.54, 1.807) is 30.3 Å². The number of carbonyl (C=O) groups excluding carboxylic acids is 2. The van der Waals surface area contributed by atoms with Crippen LogP contribution in [0.3, 0.4) is 0 Å². The molecule has 0 radical (unpaired) electrons. The first-order valence-electron chi connectivity index (χ1n) is 9.90. The predicted octanol–water partition coefficient (Wildman–Crippen LogP) is 4.60. The number of carboxylic acid groups (broad SMARTS) is 1. The van der Waals surface area contributed by atoms with Crippen molar-refractivity contribution >= 4 is 28.4 Å². The van der Waals surface area contributed by atoms with E-state index < -0.39 is 35.4 Å². The number of hydrogen-bond acceptors (Lipinski definition) is 4. The van der Waals surface area contributed by atoms with Gasteiger partial charge in [0.25, 0.3) is 5.91 Å². The smallest absolute Gasteiger partial charge is 0.416 e. The van der Waals surface area contributed by atoms with E-state index in [9.17, 15) is 32.7 Å². The zero-order valence-electron chi connectivity index (χ0n) is 17.5. The lowest BCUT2D eigenvalue weighted by atomic mass is 10.0. The molecule has 0 heterocycles. The molecule has 0 saturated carbocycles. The topological polar surface area (TPSA) is 92.7 Å². The predicted molar refractivity (Wildman–Crippen MR) is 114 cm³/mol. The lowest BCUT2D eigenvalue weighted by molar-refractivity contribution is -0.140. The summed E-state index contributed by atoms with van der Waals surface area (Å²) in [5, 5.41) is 13.0. The number of hydrogen-bond donors (Lipinski definition) is 2. The quantitative estimate of drug-likeness (QED) is 0.514. The summed E-state index contributed by atoms with van der Waals surface area (Å²) in [6.45, 7) is 1.10. The first-order chi connectivity index (χ1) is 15.6. The van der Waals surface area contributed by atoms with E-state index in [-0.39, 0.29) is 24.3 Å². The first-order valence-corrected chi connectivity index (χ1v) is 9.90. The summed E-state index contributed by atoms with van der Waals surface area (Å²) in [6.07, 6.45) is -4.84. The molecule has 6 nitrogen and oxygen atoms in total. The Balaban J connectivity index is 1.91. The molecule has 1 unspecified atom stereocenters. The first kappa shape index (κ1) is 23.8. The maximum absolute atomic E-state index is 12.9. The van der Waals surface area contributed by atoms with Crippen LogP contribution in [0.5, 0.6) is 5.75 Å². The number of nitrogens with one attached hydrogen (secondary N) is 1. The molecule has 0 aliphatic rings. The average molecular weight is 459 g/mol. The number of halogens is 3. The molecule has 3 aromatic carbocycles. The van der Waals surface area contributed by atoms with Gasteiger partial charge in [-0.3, -0.25) is 9.59 Å². The number of rotatable bonds is 8. The van der Waals surface area contributed by atoms with Gasteiger partial charge in [-0.15, -0.1) is 0 Å². The van der Waals surface area contributed by atoms with Crippen molar-refractivity contribution in [2.24, 2.45) is 0 Å². The van der Waals surface area contributed by atoms with E-state index in [1.807, 2.05) is 0 Å². The van der Waals surface area contributed by atoms with Gasteiger partial charge in [-0.05, 0) is 36.1 Å². The highest BCUT2D eigenvalue weighted by atomic mass is 19.4. The van der Waals surface area contributed by atoms with Crippen LogP contribution in [0.15, 0.2) is 60.7 Å². The molecule has 3 rings (SSSR count). The van der Waals surface area contributed by atoms with Crippen LogP contribution in [0, 0.1) is 0 Å². The molecular formula is C24H20F3NO5. The fourth-order valence-corrected chi connectivity index (χ4v) is 3.25. The van der Waals surface area contributed by atoms with Crippen molar-refractivity contribution < 1.29 is 37.4 Å². The molecule has 2 N–H and O–H groups in total. The van der Waals surface area contributed by atoms with Gasteiger partial charge in [-0.1, -0.05) is 42.5 Å². The molecule has 33 heavy (non-hydrogen) atoms.